The summed E-state index contributed by atoms with van der Waals surface area (Å²) in [6.45, 7) is 5.99. The Morgan fingerprint density at radius 2 is 2.11 bits per heavy atom. The third kappa shape index (κ3) is 3.07. The van der Waals surface area contributed by atoms with Gasteiger partial charge < -0.3 is 5.32 Å². The van der Waals surface area contributed by atoms with E-state index < -0.39 is 5.41 Å². The first-order valence-electron chi connectivity index (χ1n) is 6.20. The zero-order valence-electron chi connectivity index (χ0n) is 11.2. The predicted octanol–water partition coefficient (Wildman–Crippen LogP) is 2.34. The molecule has 0 saturated carbocycles. The lowest BCUT2D eigenvalue weighted by atomic mass is 9.83. The maximum absolute atomic E-state index is 12.1. The van der Waals surface area contributed by atoms with Gasteiger partial charge in [-0.2, -0.15) is 5.26 Å². The smallest absolute Gasteiger partial charge is 0.240 e. The van der Waals surface area contributed by atoms with Crippen molar-refractivity contribution in [1.29, 1.82) is 5.26 Å². The lowest BCUT2D eigenvalue weighted by Gasteiger charge is -2.21. The molecule has 96 valence electrons. The van der Waals surface area contributed by atoms with Crippen molar-refractivity contribution in [1.82, 2.24) is 10.3 Å². The highest BCUT2D eigenvalue weighted by Crippen LogP contribution is 2.25. The molecule has 0 unspecified atom stereocenters. The maximum Gasteiger partial charge on any atom is 0.240 e. The van der Waals surface area contributed by atoms with E-state index in [4.69, 9.17) is 5.26 Å². The van der Waals surface area contributed by atoms with Crippen LogP contribution in [0, 0.1) is 23.7 Å². The summed E-state index contributed by atoms with van der Waals surface area (Å²) in [5, 5.41) is 12.0. The first kappa shape index (κ1) is 14.2. The van der Waals surface area contributed by atoms with E-state index in [1.54, 1.807) is 0 Å². The molecule has 1 aromatic heterocycles. The van der Waals surface area contributed by atoms with Gasteiger partial charge in [0.25, 0.3) is 0 Å². The Bertz CT molecular complexity index is 458. The van der Waals surface area contributed by atoms with Crippen molar-refractivity contribution in [3.63, 3.8) is 0 Å². The first-order valence-corrected chi connectivity index (χ1v) is 6.20. The molecule has 0 atom stereocenters. The summed E-state index contributed by atoms with van der Waals surface area (Å²) in [5.41, 5.74) is 0.811. The Hall–Kier alpha value is -1.89. The second kappa shape index (κ2) is 6.15. The standard InChI is InChI=1S/C14H19N3O/c1-4-14(5-2,10-15)13(18)16-9-12-8-6-7-11(3)17-12/h6-8H,4-5,9H2,1-3H3,(H,16,18). The van der Waals surface area contributed by atoms with Crippen LogP contribution in [0.15, 0.2) is 18.2 Å². The molecule has 1 heterocycles. The molecule has 1 aromatic rings. The van der Waals surface area contributed by atoms with Gasteiger partial charge in [0, 0.05) is 5.69 Å². The lowest BCUT2D eigenvalue weighted by Crippen LogP contribution is -2.39. The SMILES string of the molecule is CCC(C#N)(CC)C(=O)NCc1cccc(C)n1. The molecule has 0 aromatic carbocycles. The molecule has 0 bridgehead atoms. The summed E-state index contributed by atoms with van der Waals surface area (Å²) >= 11 is 0. The normalized spacial score (nSPS) is 10.8. The van der Waals surface area contributed by atoms with E-state index >= 15 is 0 Å². The van der Waals surface area contributed by atoms with Crippen LogP contribution in [0.3, 0.4) is 0 Å². The Morgan fingerprint density at radius 3 is 2.61 bits per heavy atom. The van der Waals surface area contributed by atoms with Gasteiger partial charge in [-0.05, 0) is 31.9 Å². The van der Waals surface area contributed by atoms with E-state index in [-0.39, 0.29) is 5.91 Å². The molecule has 4 nitrogen and oxygen atoms in total. The topological polar surface area (TPSA) is 65.8 Å². The van der Waals surface area contributed by atoms with Gasteiger partial charge in [0.05, 0.1) is 18.3 Å². The minimum atomic E-state index is -0.913. The number of pyridine rings is 1. The molecule has 0 saturated heterocycles. The molecule has 0 aliphatic rings. The number of aromatic nitrogens is 1. The predicted molar refractivity (Wildman–Crippen MR) is 69.4 cm³/mol. The third-order valence-corrected chi connectivity index (χ3v) is 3.23. The van der Waals surface area contributed by atoms with Crippen molar-refractivity contribution in [2.45, 2.75) is 40.2 Å². The molecular weight excluding hydrogens is 226 g/mol. The fraction of sp³-hybridized carbons (Fsp3) is 0.500. The number of nitrogens with one attached hydrogen (secondary N) is 1. The van der Waals surface area contributed by atoms with Crippen molar-refractivity contribution < 1.29 is 4.79 Å². The van der Waals surface area contributed by atoms with Crippen molar-refractivity contribution >= 4 is 5.91 Å². The molecule has 0 aliphatic heterocycles. The average molecular weight is 245 g/mol. The van der Waals surface area contributed by atoms with E-state index in [0.717, 1.165) is 11.4 Å². The highest BCUT2D eigenvalue weighted by molar-refractivity contribution is 5.85. The van der Waals surface area contributed by atoms with Crippen molar-refractivity contribution in [2.75, 3.05) is 0 Å². The molecule has 0 spiro atoms. The Labute approximate surface area is 108 Å². The Morgan fingerprint density at radius 1 is 1.44 bits per heavy atom. The van der Waals surface area contributed by atoms with Crippen molar-refractivity contribution in [3.05, 3.63) is 29.6 Å². The van der Waals surface area contributed by atoms with Crippen LogP contribution in [0.4, 0.5) is 0 Å². The van der Waals surface area contributed by atoms with Crippen LogP contribution < -0.4 is 5.32 Å². The molecule has 0 radical (unpaired) electrons. The van der Waals surface area contributed by atoms with Gasteiger partial charge in [-0.1, -0.05) is 19.9 Å². The number of amides is 1. The molecule has 1 N–H and O–H groups in total. The van der Waals surface area contributed by atoms with E-state index in [0.29, 0.717) is 19.4 Å². The third-order valence-electron chi connectivity index (χ3n) is 3.23. The minimum absolute atomic E-state index is 0.210. The van der Waals surface area contributed by atoms with Crippen molar-refractivity contribution in [3.8, 4) is 6.07 Å². The molecule has 0 fully saturated rings. The zero-order valence-corrected chi connectivity index (χ0v) is 11.2. The Kier molecular flexibility index (Phi) is 4.85. The lowest BCUT2D eigenvalue weighted by molar-refractivity contribution is -0.128. The number of aryl methyl sites for hydroxylation is 1. The monoisotopic (exact) mass is 245 g/mol. The van der Waals surface area contributed by atoms with Crippen LogP contribution in [0.5, 0.6) is 0 Å². The second-order valence-electron chi connectivity index (χ2n) is 4.35. The van der Waals surface area contributed by atoms with Crippen LogP contribution in [0.25, 0.3) is 0 Å². The van der Waals surface area contributed by atoms with Crippen LogP contribution in [0.1, 0.15) is 38.1 Å². The molecular formula is C14H19N3O. The summed E-state index contributed by atoms with van der Waals surface area (Å²) in [6, 6.07) is 7.80. The van der Waals surface area contributed by atoms with Gasteiger partial charge in [-0.3, -0.25) is 9.78 Å². The van der Waals surface area contributed by atoms with E-state index in [2.05, 4.69) is 16.4 Å². The van der Waals surface area contributed by atoms with Gasteiger partial charge in [0.2, 0.25) is 5.91 Å². The van der Waals surface area contributed by atoms with Crippen LogP contribution in [-0.4, -0.2) is 10.9 Å². The highest BCUT2D eigenvalue weighted by Gasteiger charge is 2.34. The second-order valence-corrected chi connectivity index (χ2v) is 4.35. The first-order chi connectivity index (χ1) is 8.57. The summed E-state index contributed by atoms with van der Waals surface area (Å²) in [5.74, 6) is -0.210. The van der Waals surface area contributed by atoms with Gasteiger partial charge in [-0.25, -0.2) is 0 Å². The van der Waals surface area contributed by atoms with Crippen LogP contribution >= 0.6 is 0 Å². The van der Waals surface area contributed by atoms with E-state index in [9.17, 15) is 4.79 Å². The number of nitriles is 1. The highest BCUT2D eigenvalue weighted by atomic mass is 16.2. The molecule has 0 aliphatic carbocycles. The minimum Gasteiger partial charge on any atom is -0.349 e. The number of hydrogen-bond acceptors (Lipinski definition) is 3. The average Bonchev–Trinajstić information content (AvgIpc) is 2.39. The van der Waals surface area contributed by atoms with Gasteiger partial charge in [0.15, 0.2) is 0 Å². The van der Waals surface area contributed by atoms with Crippen LogP contribution in [0.2, 0.25) is 0 Å². The number of rotatable bonds is 5. The van der Waals surface area contributed by atoms with Crippen LogP contribution in [-0.2, 0) is 11.3 Å². The summed E-state index contributed by atoms with van der Waals surface area (Å²) in [4.78, 5) is 16.4. The molecule has 18 heavy (non-hydrogen) atoms. The largest absolute Gasteiger partial charge is 0.349 e. The maximum atomic E-state index is 12.1. The fourth-order valence-corrected chi connectivity index (χ4v) is 1.82. The molecule has 1 amide bonds. The number of carbonyl (C=O) groups excluding carboxylic acids is 1. The Balaban J connectivity index is 2.69. The number of carbonyl (C=O) groups is 1. The summed E-state index contributed by atoms with van der Waals surface area (Å²) in [7, 11) is 0. The van der Waals surface area contributed by atoms with E-state index in [1.165, 1.54) is 0 Å². The number of nitrogens with zero attached hydrogens (tertiary/aromatic N) is 2. The zero-order chi connectivity index (χ0) is 13.6. The van der Waals surface area contributed by atoms with Crippen molar-refractivity contribution in [2.24, 2.45) is 5.41 Å². The molecule has 1 rings (SSSR count). The quantitative estimate of drug-likeness (QED) is 0.865. The van der Waals surface area contributed by atoms with Gasteiger partial charge >= 0.3 is 0 Å². The summed E-state index contributed by atoms with van der Waals surface area (Å²) in [6.07, 6.45) is 1.04. The van der Waals surface area contributed by atoms with Gasteiger partial charge in [0.1, 0.15) is 5.41 Å². The fourth-order valence-electron chi connectivity index (χ4n) is 1.82. The summed E-state index contributed by atoms with van der Waals surface area (Å²) < 4.78 is 0. The number of hydrogen-bond donors (Lipinski definition) is 1. The van der Waals surface area contributed by atoms with Gasteiger partial charge in [-0.15, -0.1) is 0 Å². The molecule has 4 heteroatoms. The van der Waals surface area contributed by atoms with E-state index in [1.807, 2.05) is 39.0 Å².